The number of allylic oxidation sites excluding steroid dienone is 7. The summed E-state index contributed by atoms with van der Waals surface area (Å²) in [6, 6.07) is 0. The van der Waals surface area contributed by atoms with Crippen LogP contribution in [-0.2, 0) is 4.79 Å². The molecule has 0 amide bonds. The van der Waals surface area contributed by atoms with E-state index in [-0.39, 0.29) is 42.1 Å². The van der Waals surface area contributed by atoms with Crippen LogP contribution >= 0.6 is 0 Å². The second kappa shape index (κ2) is 20.4. The summed E-state index contributed by atoms with van der Waals surface area (Å²) < 4.78 is 0. The molecule has 0 heterocycles. The zero-order valence-corrected chi connectivity index (χ0v) is 17.3. The van der Waals surface area contributed by atoms with Crippen molar-refractivity contribution in [1.82, 2.24) is 0 Å². The SMILES string of the molecule is CCCCC[C@H](O)/C=C/C=C\C/C=C\C/C=C\CCCC(=O)[O-].[Na+]. The molecule has 0 fully saturated rings. The molecule has 0 aromatic heterocycles. The molecule has 0 spiro atoms. The van der Waals surface area contributed by atoms with Crippen LogP contribution in [0.25, 0.3) is 0 Å². The maximum Gasteiger partial charge on any atom is 1.00 e. The maximum atomic E-state index is 10.2. The van der Waals surface area contributed by atoms with Gasteiger partial charge >= 0.3 is 29.6 Å². The summed E-state index contributed by atoms with van der Waals surface area (Å²) in [5, 5.41) is 19.9. The van der Waals surface area contributed by atoms with Crippen molar-refractivity contribution in [2.24, 2.45) is 0 Å². The van der Waals surface area contributed by atoms with E-state index < -0.39 is 5.97 Å². The van der Waals surface area contributed by atoms with Gasteiger partial charge in [0.1, 0.15) is 0 Å². The monoisotopic (exact) mass is 342 g/mol. The van der Waals surface area contributed by atoms with Crippen LogP contribution in [0.1, 0.15) is 64.7 Å². The van der Waals surface area contributed by atoms with Gasteiger partial charge in [0.05, 0.1) is 6.10 Å². The fourth-order valence-electron chi connectivity index (χ4n) is 1.98. The Bertz CT molecular complexity index is 398. The normalized spacial score (nSPS) is 13.2. The second-order valence-corrected chi connectivity index (χ2v) is 5.55. The average Bonchev–Trinajstić information content (AvgIpc) is 2.51. The number of hydrogen-bond donors (Lipinski definition) is 1. The molecule has 0 aromatic carbocycles. The first kappa shape index (κ1) is 25.6. The van der Waals surface area contributed by atoms with Gasteiger partial charge in [-0.1, -0.05) is 74.8 Å². The van der Waals surface area contributed by atoms with Gasteiger partial charge in [-0.25, -0.2) is 0 Å². The van der Waals surface area contributed by atoms with Gasteiger partial charge in [0, 0.05) is 5.97 Å². The Hall–Kier alpha value is -0.610. The van der Waals surface area contributed by atoms with Gasteiger partial charge in [-0.15, -0.1) is 0 Å². The third kappa shape index (κ3) is 21.4. The number of rotatable bonds is 14. The molecule has 1 atom stereocenters. The summed E-state index contributed by atoms with van der Waals surface area (Å²) in [4.78, 5) is 10.2. The number of aliphatic carboxylic acids is 1. The zero-order valence-electron chi connectivity index (χ0n) is 15.3. The van der Waals surface area contributed by atoms with Gasteiger partial charge in [-0.05, 0) is 38.5 Å². The third-order valence-electron chi connectivity index (χ3n) is 3.31. The number of carbonyl (C=O) groups is 1. The number of aliphatic hydroxyl groups is 1. The van der Waals surface area contributed by atoms with Crippen molar-refractivity contribution in [2.45, 2.75) is 70.8 Å². The van der Waals surface area contributed by atoms with Gasteiger partial charge in [-0.2, -0.15) is 0 Å². The second-order valence-electron chi connectivity index (χ2n) is 5.55. The molecule has 0 radical (unpaired) electrons. The smallest absolute Gasteiger partial charge is 0.550 e. The molecule has 0 aliphatic heterocycles. The van der Waals surface area contributed by atoms with Crippen molar-refractivity contribution in [3.63, 3.8) is 0 Å². The third-order valence-corrected chi connectivity index (χ3v) is 3.31. The Morgan fingerprint density at radius 2 is 1.67 bits per heavy atom. The van der Waals surface area contributed by atoms with E-state index in [1.165, 1.54) is 12.8 Å². The molecular formula is C20H31NaO3. The Kier molecular flexibility index (Phi) is 21.8. The Morgan fingerprint density at radius 1 is 1.00 bits per heavy atom. The standard InChI is InChI=1S/C20H32O3.Na/c1-2-3-13-16-19(21)17-14-11-9-7-5-4-6-8-10-12-15-18-20(22)23;/h4-5,8-11,14,17,19,21H,2-3,6-7,12-13,15-16,18H2,1H3,(H,22,23);/q;+1/p-1/b5-4-,10-8-,11-9-,17-14+;/t19-;/m0./s1. The molecule has 24 heavy (non-hydrogen) atoms. The van der Waals surface area contributed by atoms with E-state index in [0.717, 1.165) is 32.1 Å². The first-order valence-corrected chi connectivity index (χ1v) is 8.68. The van der Waals surface area contributed by atoms with Crippen molar-refractivity contribution in [2.75, 3.05) is 0 Å². The molecule has 0 aliphatic carbocycles. The summed E-state index contributed by atoms with van der Waals surface area (Å²) in [5.74, 6) is -0.979. The summed E-state index contributed by atoms with van der Waals surface area (Å²) in [7, 11) is 0. The van der Waals surface area contributed by atoms with Crippen LogP contribution in [0.3, 0.4) is 0 Å². The van der Waals surface area contributed by atoms with Gasteiger partial charge in [-0.3, -0.25) is 0 Å². The quantitative estimate of drug-likeness (QED) is 0.220. The van der Waals surface area contributed by atoms with Crippen LogP contribution < -0.4 is 34.7 Å². The Labute approximate surface area is 169 Å². The average molecular weight is 342 g/mol. The molecule has 0 saturated heterocycles. The maximum absolute atomic E-state index is 10.2. The van der Waals surface area contributed by atoms with Crippen LogP contribution in [0, 0.1) is 0 Å². The van der Waals surface area contributed by atoms with Gasteiger partial charge in [0.15, 0.2) is 0 Å². The molecule has 0 unspecified atom stereocenters. The summed E-state index contributed by atoms with van der Waals surface area (Å²) in [5.41, 5.74) is 0. The van der Waals surface area contributed by atoms with E-state index in [1.807, 2.05) is 30.4 Å². The molecule has 0 aromatic rings. The fraction of sp³-hybridized carbons (Fsp3) is 0.550. The first-order valence-electron chi connectivity index (χ1n) is 8.68. The predicted molar refractivity (Wildman–Crippen MR) is 94.8 cm³/mol. The van der Waals surface area contributed by atoms with E-state index in [1.54, 1.807) is 0 Å². The number of carbonyl (C=O) groups excluding carboxylic acids is 1. The van der Waals surface area contributed by atoms with Gasteiger partial charge < -0.3 is 15.0 Å². The molecule has 0 aliphatic rings. The number of unbranched alkanes of at least 4 members (excludes halogenated alkanes) is 3. The minimum absolute atomic E-state index is 0. The van der Waals surface area contributed by atoms with E-state index in [4.69, 9.17) is 0 Å². The number of carboxylic acids is 1. The molecule has 130 valence electrons. The van der Waals surface area contributed by atoms with E-state index >= 15 is 0 Å². The molecule has 0 saturated carbocycles. The number of aliphatic hydroxyl groups excluding tert-OH is 1. The first-order chi connectivity index (χ1) is 11.2. The number of hydrogen-bond acceptors (Lipinski definition) is 3. The van der Waals surface area contributed by atoms with Crippen molar-refractivity contribution in [3.8, 4) is 0 Å². The van der Waals surface area contributed by atoms with Gasteiger partial charge in [0.2, 0.25) is 0 Å². The van der Waals surface area contributed by atoms with Crippen LogP contribution in [0.4, 0.5) is 0 Å². The molecule has 3 nitrogen and oxygen atoms in total. The Balaban J connectivity index is 0. The minimum atomic E-state index is -0.979. The van der Waals surface area contributed by atoms with E-state index in [2.05, 4.69) is 25.2 Å². The van der Waals surface area contributed by atoms with Crippen molar-refractivity contribution >= 4 is 5.97 Å². The van der Waals surface area contributed by atoms with Gasteiger partial charge in [0.25, 0.3) is 0 Å². The van der Waals surface area contributed by atoms with E-state index in [9.17, 15) is 15.0 Å². The molecule has 1 N–H and O–H groups in total. The van der Waals surface area contributed by atoms with Crippen molar-refractivity contribution in [1.29, 1.82) is 0 Å². The summed E-state index contributed by atoms with van der Waals surface area (Å²) in [6.07, 6.45) is 23.2. The minimum Gasteiger partial charge on any atom is -0.550 e. The molecule has 0 rings (SSSR count). The number of carboxylic acid groups (broad SMARTS) is 1. The topological polar surface area (TPSA) is 60.4 Å². The molecular weight excluding hydrogens is 311 g/mol. The van der Waals surface area contributed by atoms with E-state index in [0.29, 0.717) is 6.42 Å². The van der Waals surface area contributed by atoms with Crippen LogP contribution in [-0.4, -0.2) is 17.2 Å². The van der Waals surface area contributed by atoms with Crippen LogP contribution in [0.5, 0.6) is 0 Å². The summed E-state index contributed by atoms with van der Waals surface area (Å²) in [6.45, 7) is 2.16. The summed E-state index contributed by atoms with van der Waals surface area (Å²) >= 11 is 0. The van der Waals surface area contributed by atoms with Crippen LogP contribution in [0.2, 0.25) is 0 Å². The molecule has 4 heteroatoms. The van der Waals surface area contributed by atoms with Crippen LogP contribution in [0.15, 0.2) is 48.6 Å². The molecule has 0 bridgehead atoms. The van der Waals surface area contributed by atoms with Crippen molar-refractivity contribution < 1.29 is 44.6 Å². The predicted octanol–water partition coefficient (Wildman–Crippen LogP) is 0.857. The zero-order chi connectivity index (χ0) is 17.2. The largest absolute Gasteiger partial charge is 1.00 e. The van der Waals surface area contributed by atoms with Crippen molar-refractivity contribution in [3.05, 3.63) is 48.6 Å². The Morgan fingerprint density at radius 3 is 2.33 bits per heavy atom. The fourth-order valence-corrected chi connectivity index (χ4v) is 1.98.